The van der Waals surface area contributed by atoms with Gasteiger partial charge in [0.2, 0.25) is 6.10 Å². The Morgan fingerprint density at radius 1 is 0.912 bits per heavy atom. The lowest BCUT2D eigenvalue weighted by molar-refractivity contribution is -0.171. The SMILES string of the molecule is C=C(C[C@H](OC(=O)[C@H](OC(C)=O)c1ccccc1)c1ccccc1)[C@@H](C)O[Si](C)(C)C(C)(C)C. The van der Waals surface area contributed by atoms with Gasteiger partial charge in [0.05, 0.1) is 6.10 Å². The second-order valence-electron chi connectivity index (χ2n) is 10.1. The van der Waals surface area contributed by atoms with E-state index in [0.29, 0.717) is 12.0 Å². The summed E-state index contributed by atoms with van der Waals surface area (Å²) in [4.78, 5) is 24.9. The Morgan fingerprint density at radius 3 is 1.88 bits per heavy atom. The maximum Gasteiger partial charge on any atom is 0.352 e. The zero-order valence-corrected chi connectivity index (χ0v) is 22.5. The van der Waals surface area contributed by atoms with Gasteiger partial charge in [0.25, 0.3) is 0 Å². The molecule has 0 N–H and O–H groups in total. The number of carbonyl (C=O) groups is 2. The summed E-state index contributed by atoms with van der Waals surface area (Å²) in [5.41, 5.74) is 2.24. The van der Waals surface area contributed by atoms with Gasteiger partial charge < -0.3 is 13.9 Å². The van der Waals surface area contributed by atoms with E-state index in [9.17, 15) is 9.59 Å². The van der Waals surface area contributed by atoms with Gasteiger partial charge in [-0.2, -0.15) is 0 Å². The molecule has 0 fully saturated rings. The molecule has 2 aromatic carbocycles. The van der Waals surface area contributed by atoms with Gasteiger partial charge >= 0.3 is 11.9 Å². The highest BCUT2D eigenvalue weighted by atomic mass is 28.4. The Balaban J connectivity index is 2.25. The third kappa shape index (κ3) is 7.67. The van der Waals surface area contributed by atoms with Crippen molar-refractivity contribution in [2.45, 2.75) is 77.5 Å². The van der Waals surface area contributed by atoms with Crippen LogP contribution in [0.4, 0.5) is 0 Å². The van der Waals surface area contributed by atoms with Gasteiger partial charge in [-0.05, 0) is 36.2 Å². The molecule has 0 amide bonds. The van der Waals surface area contributed by atoms with Crippen LogP contribution >= 0.6 is 0 Å². The van der Waals surface area contributed by atoms with Crippen LogP contribution in [0.2, 0.25) is 18.1 Å². The molecule has 3 atom stereocenters. The predicted molar refractivity (Wildman–Crippen MR) is 138 cm³/mol. The van der Waals surface area contributed by atoms with E-state index in [1.54, 1.807) is 24.3 Å². The maximum atomic E-state index is 13.2. The summed E-state index contributed by atoms with van der Waals surface area (Å²) < 4.78 is 17.8. The fourth-order valence-corrected chi connectivity index (χ4v) is 4.65. The molecule has 0 unspecified atom stereocenters. The smallest absolute Gasteiger partial charge is 0.352 e. The van der Waals surface area contributed by atoms with Crippen LogP contribution in [-0.4, -0.2) is 26.4 Å². The fourth-order valence-electron chi connectivity index (χ4n) is 3.25. The molecule has 5 nitrogen and oxygen atoms in total. The van der Waals surface area contributed by atoms with Crippen LogP contribution in [-0.2, 0) is 23.5 Å². The van der Waals surface area contributed by atoms with E-state index in [2.05, 4.69) is 40.4 Å². The molecule has 0 saturated carbocycles. The number of rotatable bonds is 10. The summed E-state index contributed by atoms with van der Waals surface area (Å²) in [5, 5.41) is 0.0692. The van der Waals surface area contributed by atoms with Crippen LogP contribution in [0.15, 0.2) is 72.8 Å². The van der Waals surface area contributed by atoms with E-state index in [1.165, 1.54) is 6.92 Å². The monoisotopic (exact) mass is 482 g/mol. The summed E-state index contributed by atoms with van der Waals surface area (Å²) in [5.74, 6) is -1.18. The molecule has 0 spiro atoms. The molecule has 0 saturated heterocycles. The molecule has 184 valence electrons. The average Bonchev–Trinajstić information content (AvgIpc) is 2.76. The highest BCUT2D eigenvalue weighted by molar-refractivity contribution is 6.74. The van der Waals surface area contributed by atoms with Crippen molar-refractivity contribution in [3.63, 3.8) is 0 Å². The minimum atomic E-state index is -2.00. The van der Waals surface area contributed by atoms with E-state index in [-0.39, 0.29) is 11.1 Å². The summed E-state index contributed by atoms with van der Waals surface area (Å²) in [6.07, 6.45) is -1.52. The Bertz CT molecular complexity index is 963. The molecule has 34 heavy (non-hydrogen) atoms. The molecular weight excluding hydrogens is 444 g/mol. The first-order valence-electron chi connectivity index (χ1n) is 11.6. The zero-order chi connectivity index (χ0) is 25.5. The quantitative estimate of drug-likeness (QED) is 0.209. The largest absolute Gasteiger partial charge is 0.454 e. The topological polar surface area (TPSA) is 61.8 Å². The van der Waals surface area contributed by atoms with Gasteiger partial charge in [0.1, 0.15) is 6.10 Å². The van der Waals surface area contributed by atoms with E-state index < -0.39 is 32.5 Å². The van der Waals surface area contributed by atoms with Gasteiger partial charge in [-0.1, -0.05) is 88.0 Å². The Hall–Kier alpha value is -2.70. The van der Waals surface area contributed by atoms with Crippen LogP contribution in [0.3, 0.4) is 0 Å². The molecule has 0 bridgehead atoms. The Morgan fingerprint density at radius 2 is 1.41 bits per heavy atom. The van der Waals surface area contributed by atoms with Crippen molar-refractivity contribution in [3.8, 4) is 0 Å². The lowest BCUT2D eigenvalue weighted by Crippen LogP contribution is -2.43. The summed E-state index contributed by atoms with van der Waals surface area (Å²) >= 11 is 0. The van der Waals surface area contributed by atoms with E-state index in [1.807, 2.05) is 43.3 Å². The van der Waals surface area contributed by atoms with Crippen LogP contribution in [0.1, 0.15) is 64.4 Å². The first-order valence-corrected chi connectivity index (χ1v) is 14.6. The standard InChI is InChI=1S/C28H38O5Si/c1-20(21(2)33-34(7,8)28(4,5)6)19-25(23-15-11-9-12-16-23)32-27(30)26(31-22(3)29)24-17-13-10-14-18-24/h9-18,21,25-26H,1,19H2,2-8H3/t21-,25+,26-/m1/s1. The Labute approximate surface area is 205 Å². The highest BCUT2D eigenvalue weighted by Gasteiger charge is 2.39. The van der Waals surface area contributed by atoms with E-state index in [0.717, 1.165) is 11.1 Å². The minimum absolute atomic E-state index is 0.0692. The van der Waals surface area contributed by atoms with Crippen LogP contribution in [0, 0.1) is 0 Å². The van der Waals surface area contributed by atoms with Crippen LogP contribution in [0.5, 0.6) is 0 Å². The van der Waals surface area contributed by atoms with Gasteiger partial charge in [-0.25, -0.2) is 4.79 Å². The molecule has 2 aromatic rings. The first-order chi connectivity index (χ1) is 15.8. The van der Waals surface area contributed by atoms with Crippen molar-refractivity contribution >= 4 is 20.3 Å². The van der Waals surface area contributed by atoms with Crippen LogP contribution < -0.4 is 0 Å². The lowest BCUT2D eigenvalue weighted by atomic mass is 9.99. The molecule has 0 heterocycles. The fraction of sp³-hybridized carbons (Fsp3) is 0.429. The van der Waals surface area contributed by atoms with Crippen LogP contribution in [0.25, 0.3) is 0 Å². The molecule has 2 rings (SSSR count). The average molecular weight is 483 g/mol. The number of benzene rings is 2. The number of hydrogen-bond donors (Lipinski definition) is 0. The van der Waals surface area contributed by atoms with Crippen molar-refractivity contribution in [2.75, 3.05) is 0 Å². The van der Waals surface area contributed by atoms with Crippen molar-refractivity contribution in [1.29, 1.82) is 0 Å². The predicted octanol–water partition coefficient (Wildman–Crippen LogP) is 6.93. The summed E-state index contributed by atoms with van der Waals surface area (Å²) in [7, 11) is -2.00. The van der Waals surface area contributed by atoms with Gasteiger partial charge in [0.15, 0.2) is 8.32 Å². The van der Waals surface area contributed by atoms with E-state index >= 15 is 0 Å². The lowest BCUT2D eigenvalue weighted by Gasteiger charge is -2.39. The molecule has 0 aliphatic carbocycles. The van der Waals surface area contributed by atoms with E-state index in [4.69, 9.17) is 13.9 Å². The van der Waals surface area contributed by atoms with Crippen molar-refractivity contribution in [1.82, 2.24) is 0 Å². The van der Waals surface area contributed by atoms with Crippen molar-refractivity contribution in [3.05, 3.63) is 83.9 Å². The second-order valence-corrected chi connectivity index (χ2v) is 14.9. The minimum Gasteiger partial charge on any atom is -0.454 e. The summed E-state index contributed by atoms with van der Waals surface area (Å²) in [6, 6.07) is 18.4. The van der Waals surface area contributed by atoms with Gasteiger partial charge in [-0.15, -0.1) is 0 Å². The number of carbonyl (C=O) groups excluding carboxylic acids is 2. The van der Waals surface area contributed by atoms with Crippen molar-refractivity contribution in [2.24, 2.45) is 0 Å². The summed E-state index contributed by atoms with van der Waals surface area (Å²) in [6.45, 7) is 18.5. The Kier molecular flexibility index (Phi) is 9.42. The van der Waals surface area contributed by atoms with Gasteiger partial charge in [0, 0.05) is 18.9 Å². The maximum absolute atomic E-state index is 13.2. The molecular formula is C28H38O5Si. The number of esters is 2. The molecule has 0 aliphatic rings. The first kappa shape index (κ1) is 27.5. The molecule has 6 heteroatoms. The van der Waals surface area contributed by atoms with Gasteiger partial charge in [-0.3, -0.25) is 4.79 Å². The zero-order valence-electron chi connectivity index (χ0n) is 21.5. The van der Waals surface area contributed by atoms with Crippen molar-refractivity contribution < 1.29 is 23.5 Å². The molecule has 0 aromatic heterocycles. The highest BCUT2D eigenvalue weighted by Crippen LogP contribution is 2.39. The normalized spacial score (nSPS) is 14.6. The third-order valence-corrected chi connectivity index (χ3v) is 10.9. The number of hydrogen-bond acceptors (Lipinski definition) is 5. The third-order valence-electron chi connectivity index (χ3n) is 6.33. The number of ether oxygens (including phenoxy) is 2. The molecule has 0 radical (unpaired) electrons. The molecule has 0 aliphatic heterocycles. The second kappa shape index (κ2) is 11.6.